The lowest BCUT2D eigenvalue weighted by atomic mass is 9.89. The summed E-state index contributed by atoms with van der Waals surface area (Å²) in [4.78, 5) is 24.8. The maximum absolute atomic E-state index is 13.5. The van der Waals surface area contributed by atoms with Crippen LogP contribution in [0, 0.1) is 19.7 Å². The summed E-state index contributed by atoms with van der Waals surface area (Å²) in [6, 6.07) is 13.4. The maximum atomic E-state index is 13.5. The fourth-order valence-electron chi connectivity index (χ4n) is 3.51. The zero-order valence-corrected chi connectivity index (χ0v) is 15.5. The molecule has 1 aromatic heterocycles. The van der Waals surface area contributed by atoms with E-state index in [0.29, 0.717) is 16.9 Å². The molecule has 1 atom stereocenters. The van der Waals surface area contributed by atoms with Crippen LogP contribution in [0.2, 0.25) is 0 Å². The quantitative estimate of drug-likeness (QED) is 0.730. The van der Waals surface area contributed by atoms with Crippen LogP contribution in [0.4, 0.5) is 15.8 Å². The molecule has 1 aliphatic heterocycles. The van der Waals surface area contributed by atoms with E-state index in [-0.39, 0.29) is 18.2 Å². The Morgan fingerprint density at radius 3 is 2.79 bits per heavy atom. The van der Waals surface area contributed by atoms with Crippen LogP contribution in [0.15, 0.2) is 48.5 Å². The van der Waals surface area contributed by atoms with Crippen molar-refractivity contribution in [2.24, 2.45) is 0 Å². The van der Waals surface area contributed by atoms with E-state index in [1.165, 1.54) is 12.1 Å². The lowest BCUT2D eigenvalue weighted by Gasteiger charge is -2.25. The summed E-state index contributed by atoms with van der Waals surface area (Å²) in [6.45, 7) is 3.88. The van der Waals surface area contributed by atoms with E-state index in [9.17, 15) is 14.0 Å². The Kier molecular flexibility index (Phi) is 4.43. The molecule has 3 aromatic rings. The maximum Gasteiger partial charge on any atom is 0.232 e. The molecule has 1 aliphatic rings. The molecule has 0 spiro atoms. The molecule has 0 radical (unpaired) electrons. The minimum atomic E-state index is -0.679. The molecule has 142 valence electrons. The highest BCUT2D eigenvalue weighted by Gasteiger charge is 2.31. The highest BCUT2D eigenvalue weighted by molar-refractivity contribution is 6.05. The molecule has 2 heterocycles. The molecule has 6 nitrogen and oxygen atoms in total. The number of rotatable bonds is 3. The SMILES string of the molecule is Cc1cc(C)n(-c2cccc(NC(=O)C3CC(=O)Nc4cc(F)ccc43)c2)n1. The van der Waals surface area contributed by atoms with Crippen molar-refractivity contribution < 1.29 is 14.0 Å². The fourth-order valence-corrected chi connectivity index (χ4v) is 3.51. The topological polar surface area (TPSA) is 76.0 Å². The predicted octanol–water partition coefficient (Wildman–Crippen LogP) is 3.69. The van der Waals surface area contributed by atoms with Crippen LogP contribution in [0.3, 0.4) is 0 Å². The number of hydrogen-bond acceptors (Lipinski definition) is 3. The molecular weight excluding hydrogens is 359 g/mol. The second kappa shape index (κ2) is 6.92. The van der Waals surface area contributed by atoms with Crippen molar-refractivity contribution in [2.45, 2.75) is 26.2 Å². The van der Waals surface area contributed by atoms with Crippen LogP contribution >= 0.6 is 0 Å². The van der Waals surface area contributed by atoms with E-state index in [2.05, 4.69) is 15.7 Å². The van der Waals surface area contributed by atoms with Crippen molar-refractivity contribution in [3.8, 4) is 5.69 Å². The minimum Gasteiger partial charge on any atom is -0.326 e. The monoisotopic (exact) mass is 378 g/mol. The number of benzene rings is 2. The highest BCUT2D eigenvalue weighted by Crippen LogP contribution is 2.33. The molecule has 7 heteroatoms. The summed E-state index contributed by atoms with van der Waals surface area (Å²) in [6.07, 6.45) is 0.0155. The van der Waals surface area contributed by atoms with Gasteiger partial charge < -0.3 is 10.6 Å². The van der Waals surface area contributed by atoms with Gasteiger partial charge in [-0.3, -0.25) is 9.59 Å². The van der Waals surface area contributed by atoms with Gasteiger partial charge in [0.05, 0.1) is 17.3 Å². The van der Waals surface area contributed by atoms with Gasteiger partial charge >= 0.3 is 0 Å². The summed E-state index contributed by atoms with van der Waals surface area (Å²) in [5.41, 5.74) is 4.27. The number of halogens is 1. The lowest BCUT2D eigenvalue weighted by molar-refractivity contribution is -0.123. The van der Waals surface area contributed by atoms with E-state index in [0.717, 1.165) is 17.1 Å². The molecule has 1 unspecified atom stereocenters. The number of anilines is 2. The summed E-state index contributed by atoms with van der Waals surface area (Å²) in [5, 5.41) is 9.94. The molecule has 28 heavy (non-hydrogen) atoms. The van der Waals surface area contributed by atoms with E-state index in [1.54, 1.807) is 16.8 Å². The molecule has 0 saturated heterocycles. The number of fused-ring (bicyclic) bond motifs is 1. The van der Waals surface area contributed by atoms with Gasteiger partial charge in [0.15, 0.2) is 0 Å². The second-order valence-electron chi connectivity index (χ2n) is 6.91. The van der Waals surface area contributed by atoms with Crippen LogP contribution in [-0.2, 0) is 9.59 Å². The van der Waals surface area contributed by atoms with Gasteiger partial charge in [-0.25, -0.2) is 9.07 Å². The summed E-state index contributed by atoms with van der Waals surface area (Å²) >= 11 is 0. The molecule has 0 bridgehead atoms. The second-order valence-corrected chi connectivity index (χ2v) is 6.91. The molecule has 0 aliphatic carbocycles. The third kappa shape index (κ3) is 3.38. The van der Waals surface area contributed by atoms with Gasteiger partial charge in [0, 0.05) is 23.5 Å². The number of carbonyl (C=O) groups excluding carboxylic acids is 2. The van der Waals surface area contributed by atoms with Gasteiger partial charge in [0.2, 0.25) is 11.8 Å². The van der Waals surface area contributed by atoms with E-state index in [1.807, 2.05) is 38.1 Å². The van der Waals surface area contributed by atoms with Crippen molar-refractivity contribution in [2.75, 3.05) is 10.6 Å². The number of nitrogens with one attached hydrogen (secondary N) is 2. The number of carbonyl (C=O) groups is 2. The Labute approximate surface area is 161 Å². The first-order valence-corrected chi connectivity index (χ1v) is 8.94. The zero-order valence-electron chi connectivity index (χ0n) is 15.5. The number of aryl methyl sites for hydroxylation is 2. The van der Waals surface area contributed by atoms with Crippen LogP contribution in [0.5, 0.6) is 0 Å². The molecule has 0 saturated carbocycles. The van der Waals surface area contributed by atoms with Gasteiger partial charge in [-0.05, 0) is 55.8 Å². The van der Waals surface area contributed by atoms with Gasteiger partial charge in [0.25, 0.3) is 0 Å². The Bertz CT molecular complexity index is 1090. The standard InChI is InChI=1S/C21H19FN4O2/c1-12-8-13(2)26(25-12)16-5-3-4-15(10-16)23-21(28)18-11-20(27)24-19-9-14(22)6-7-17(18)19/h3-10,18H,11H2,1-2H3,(H,23,28)(H,24,27). The molecule has 2 aromatic carbocycles. The number of aromatic nitrogens is 2. The zero-order chi connectivity index (χ0) is 19.8. The van der Waals surface area contributed by atoms with Crippen molar-refractivity contribution in [1.29, 1.82) is 0 Å². The lowest BCUT2D eigenvalue weighted by Crippen LogP contribution is -2.30. The Hall–Kier alpha value is -3.48. The predicted molar refractivity (Wildman–Crippen MR) is 104 cm³/mol. The van der Waals surface area contributed by atoms with Crippen LogP contribution in [0.1, 0.15) is 29.3 Å². The minimum absolute atomic E-state index is 0.0155. The first-order chi connectivity index (χ1) is 13.4. The summed E-state index contributed by atoms with van der Waals surface area (Å²) in [5.74, 6) is -1.76. The van der Waals surface area contributed by atoms with Crippen molar-refractivity contribution in [3.05, 3.63) is 71.3 Å². The molecule has 2 amide bonds. The van der Waals surface area contributed by atoms with Crippen LogP contribution in [0.25, 0.3) is 5.69 Å². The first-order valence-electron chi connectivity index (χ1n) is 8.94. The van der Waals surface area contributed by atoms with E-state index in [4.69, 9.17) is 0 Å². The number of hydrogen-bond donors (Lipinski definition) is 2. The van der Waals surface area contributed by atoms with Crippen molar-refractivity contribution in [3.63, 3.8) is 0 Å². The van der Waals surface area contributed by atoms with Gasteiger partial charge in [0.1, 0.15) is 5.82 Å². The van der Waals surface area contributed by atoms with E-state index < -0.39 is 11.7 Å². The third-order valence-corrected chi connectivity index (χ3v) is 4.74. The molecular formula is C21H19FN4O2. The average molecular weight is 378 g/mol. The summed E-state index contributed by atoms with van der Waals surface area (Å²) < 4.78 is 15.3. The Morgan fingerprint density at radius 2 is 2.04 bits per heavy atom. The van der Waals surface area contributed by atoms with Crippen LogP contribution in [-0.4, -0.2) is 21.6 Å². The molecule has 4 rings (SSSR count). The normalized spacial score (nSPS) is 15.7. The van der Waals surface area contributed by atoms with Crippen molar-refractivity contribution >= 4 is 23.2 Å². The number of nitrogens with zero attached hydrogens (tertiary/aromatic N) is 2. The third-order valence-electron chi connectivity index (χ3n) is 4.74. The van der Waals surface area contributed by atoms with Crippen molar-refractivity contribution in [1.82, 2.24) is 9.78 Å². The van der Waals surface area contributed by atoms with Gasteiger partial charge in [-0.1, -0.05) is 12.1 Å². The fraction of sp³-hybridized carbons (Fsp3) is 0.190. The average Bonchev–Trinajstić information content (AvgIpc) is 2.99. The van der Waals surface area contributed by atoms with E-state index >= 15 is 0 Å². The Morgan fingerprint density at radius 1 is 1.21 bits per heavy atom. The molecule has 2 N–H and O–H groups in total. The first kappa shape index (κ1) is 17.9. The Balaban J connectivity index is 1.60. The smallest absolute Gasteiger partial charge is 0.232 e. The highest BCUT2D eigenvalue weighted by atomic mass is 19.1. The largest absolute Gasteiger partial charge is 0.326 e. The number of amides is 2. The molecule has 0 fully saturated rings. The van der Waals surface area contributed by atoms with Gasteiger partial charge in [-0.2, -0.15) is 5.10 Å². The van der Waals surface area contributed by atoms with Crippen LogP contribution < -0.4 is 10.6 Å². The summed E-state index contributed by atoms with van der Waals surface area (Å²) in [7, 11) is 0. The van der Waals surface area contributed by atoms with Gasteiger partial charge in [-0.15, -0.1) is 0 Å².